The molecule has 0 aliphatic carbocycles. The third-order valence-electron chi connectivity index (χ3n) is 1.24. The second-order valence-corrected chi connectivity index (χ2v) is 2.14. The molecule has 4 heteroatoms. The van der Waals surface area contributed by atoms with E-state index in [1.54, 1.807) is 0 Å². The molecule has 1 N–H and O–H groups in total. The average Bonchev–Trinajstić information content (AvgIpc) is 1.98. The van der Waals surface area contributed by atoms with Gasteiger partial charge in [-0.05, 0) is 18.9 Å². The van der Waals surface area contributed by atoms with Crippen LogP contribution in [0.1, 0.15) is 13.3 Å². The maximum atomic E-state index is 12.5. The molecular formula is C7H11FO3. The Bertz CT molecular complexity index is 175. The Morgan fingerprint density at radius 2 is 2.18 bits per heavy atom. The summed E-state index contributed by atoms with van der Waals surface area (Å²) in [5.74, 6) is -2.60. The van der Waals surface area contributed by atoms with Gasteiger partial charge in [-0.2, -0.15) is 4.39 Å². The third-order valence-corrected chi connectivity index (χ3v) is 1.24. The van der Waals surface area contributed by atoms with Gasteiger partial charge in [-0.25, -0.2) is 4.79 Å². The standard InChI is InChI=1S/C7H11FO3/c1-5(3-4-11-2)6(8)7(9)10/h3-4H2,1-2H3,(H,9,10)/b6-5-. The Morgan fingerprint density at radius 3 is 2.55 bits per heavy atom. The largest absolute Gasteiger partial charge is 0.476 e. The normalized spacial score (nSPS) is 12.6. The number of carbonyl (C=O) groups is 1. The number of ether oxygens (including phenoxy) is 1. The van der Waals surface area contributed by atoms with Crippen LogP contribution in [-0.4, -0.2) is 24.8 Å². The molecule has 0 amide bonds. The van der Waals surface area contributed by atoms with E-state index >= 15 is 0 Å². The zero-order valence-corrected chi connectivity index (χ0v) is 6.56. The molecule has 0 fully saturated rings. The summed E-state index contributed by atoms with van der Waals surface area (Å²) in [6.45, 7) is 1.77. The first-order valence-electron chi connectivity index (χ1n) is 3.17. The van der Waals surface area contributed by atoms with Crippen LogP contribution in [0.4, 0.5) is 4.39 Å². The summed E-state index contributed by atoms with van der Waals surface area (Å²) in [5, 5.41) is 8.18. The van der Waals surface area contributed by atoms with Crippen LogP contribution in [-0.2, 0) is 9.53 Å². The second kappa shape index (κ2) is 4.85. The lowest BCUT2D eigenvalue weighted by Gasteiger charge is -1.99. The predicted molar refractivity (Wildman–Crippen MR) is 37.9 cm³/mol. The van der Waals surface area contributed by atoms with Gasteiger partial charge in [0, 0.05) is 7.11 Å². The number of halogens is 1. The molecule has 0 saturated heterocycles. The van der Waals surface area contributed by atoms with Crippen LogP contribution in [0, 0.1) is 0 Å². The van der Waals surface area contributed by atoms with E-state index in [1.165, 1.54) is 14.0 Å². The molecule has 0 atom stereocenters. The molecule has 64 valence electrons. The predicted octanol–water partition coefficient (Wildman–Crippen LogP) is 1.35. The van der Waals surface area contributed by atoms with E-state index in [1.807, 2.05) is 0 Å². The molecule has 0 spiro atoms. The van der Waals surface area contributed by atoms with Gasteiger partial charge in [-0.15, -0.1) is 0 Å². The molecule has 0 heterocycles. The molecule has 0 bridgehead atoms. The monoisotopic (exact) mass is 162 g/mol. The van der Waals surface area contributed by atoms with Crippen molar-refractivity contribution in [2.75, 3.05) is 13.7 Å². The van der Waals surface area contributed by atoms with Gasteiger partial charge >= 0.3 is 5.97 Å². The Balaban J connectivity index is 4.05. The smallest absolute Gasteiger partial charge is 0.364 e. The van der Waals surface area contributed by atoms with Crippen LogP contribution in [0.15, 0.2) is 11.4 Å². The lowest BCUT2D eigenvalue weighted by Crippen LogP contribution is -2.00. The molecule has 0 aromatic carbocycles. The van der Waals surface area contributed by atoms with Crippen molar-refractivity contribution in [3.63, 3.8) is 0 Å². The SMILES string of the molecule is COCC/C(C)=C(\F)C(=O)O. The summed E-state index contributed by atoms with van der Waals surface area (Å²) in [5.41, 5.74) is 0.208. The minimum absolute atomic E-state index is 0.208. The van der Waals surface area contributed by atoms with Crippen molar-refractivity contribution in [2.45, 2.75) is 13.3 Å². The van der Waals surface area contributed by atoms with Gasteiger partial charge in [0.2, 0.25) is 5.83 Å². The summed E-state index contributed by atoms with van der Waals surface area (Å²) in [7, 11) is 1.48. The fourth-order valence-electron chi connectivity index (χ4n) is 0.547. The Labute approximate surface area is 64.5 Å². The molecule has 0 aliphatic heterocycles. The van der Waals surface area contributed by atoms with Gasteiger partial charge in [0.25, 0.3) is 0 Å². The van der Waals surface area contributed by atoms with Crippen LogP contribution < -0.4 is 0 Å². The van der Waals surface area contributed by atoms with E-state index in [-0.39, 0.29) is 5.57 Å². The van der Waals surface area contributed by atoms with Crippen LogP contribution in [0.5, 0.6) is 0 Å². The summed E-state index contributed by atoms with van der Waals surface area (Å²) in [6.07, 6.45) is 0.314. The molecule has 0 saturated carbocycles. The molecule has 3 nitrogen and oxygen atoms in total. The molecule has 0 radical (unpaired) electrons. The first kappa shape index (κ1) is 10.1. The van der Waals surface area contributed by atoms with Crippen molar-refractivity contribution in [1.82, 2.24) is 0 Å². The summed E-state index contributed by atoms with van der Waals surface area (Å²) < 4.78 is 17.1. The quantitative estimate of drug-likeness (QED) is 0.634. The van der Waals surface area contributed by atoms with E-state index in [2.05, 4.69) is 4.74 Å². The molecule has 0 aromatic rings. The minimum atomic E-state index is -1.52. The molecule has 0 aromatic heterocycles. The van der Waals surface area contributed by atoms with Crippen LogP contribution in [0.3, 0.4) is 0 Å². The van der Waals surface area contributed by atoms with Gasteiger partial charge in [0.1, 0.15) is 0 Å². The molecule has 0 unspecified atom stereocenters. The maximum absolute atomic E-state index is 12.5. The minimum Gasteiger partial charge on any atom is -0.476 e. The number of methoxy groups -OCH3 is 1. The number of carboxylic acids is 1. The fourth-order valence-corrected chi connectivity index (χ4v) is 0.547. The number of rotatable bonds is 4. The highest BCUT2D eigenvalue weighted by molar-refractivity contribution is 5.84. The van der Waals surface area contributed by atoms with Gasteiger partial charge in [-0.1, -0.05) is 0 Å². The summed E-state index contributed by atoms with van der Waals surface area (Å²) >= 11 is 0. The lowest BCUT2D eigenvalue weighted by molar-refractivity contribution is -0.134. The van der Waals surface area contributed by atoms with Crippen LogP contribution >= 0.6 is 0 Å². The number of hydrogen-bond donors (Lipinski definition) is 1. The Kier molecular flexibility index (Phi) is 4.45. The Morgan fingerprint density at radius 1 is 1.64 bits per heavy atom. The van der Waals surface area contributed by atoms with Crippen LogP contribution in [0.25, 0.3) is 0 Å². The van der Waals surface area contributed by atoms with Crippen molar-refractivity contribution in [1.29, 1.82) is 0 Å². The second-order valence-electron chi connectivity index (χ2n) is 2.14. The average molecular weight is 162 g/mol. The molecular weight excluding hydrogens is 151 g/mol. The molecule has 0 rings (SSSR count). The van der Waals surface area contributed by atoms with E-state index < -0.39 is 11.8 Å². The van der Waals surface area contributed by atoms with Crippen molar-refractivity contribution in [2.24, 2.45) is 0 Å². The van der Waals surface area contributed by atoms with Gasteiger partial charge in [-0.3, -0.25) is 0 Å². The zero-order chi connectivity index (χ0) is 8.85. The van der Waals surface area contributed by atoms with Gasteiger partial charge < -0.3 is 9.84 Å². The fraction of sp³-hybridized carbons (Fsp3) is 0.571. The zero-order valence-electron chi connectivity index (χ0n) is 6.56. The first-order chi connectivity index (χ1) is 5.09. The number of carboxylic acid groups (broad SMARTS) is 1. The number of aliphatic carboxylic acids is 1. The number of hydrogen-bond acceptors (Lipinski definition) is 2. The van der Waals surface area contributed by atoms with E-state index in [0.29, 0.717) is 13.0 Å². The highest BCUT2D eigenvalue weighted by Crippen LogP contribution is 2.09. The van der Waals surface area contributed by atoms with Crippen molar-refractivity contribution in [3.8, 4) is 0 Å². The van der Waals surface area contributed by atoms with Crippen molar-refractivity contribution >= 4 is 5.97 Å². The summed E-state index contributed by atoms with van der Waals surface area (Å²) in [4.78, 5) is 10.0. The topological polar surface area (TPSA) is 46.5 Å². The van der Waals surface area contributed by atoms with Gasteiger partial charge in [0.15, 0.2) is 0 Å². The third kappa shape index (κ3) is 3.72. The van der Waals surface area contributed by atoms with E-state index in [9.17, 15) is 9.18 Å². The van der Waals surface area contributed by atoms with Crippen LogP contribution in [0.2, 0.25) is 0 Å². The van der Waals surface area contributed by atoms with E-state index in [4.69, 9.17) is 5.11 Å². The van der Waals surface area contributed by atoms with Crippen molar-refractivity contribution < 1.29 is 19.0 Å². The first-order valence-corrected chi connectivity index (χ1v) is 3.17. The summed E-state index contributed by atoms with van der Waals surface area (Å²) in [6, 6.07) is 0. The lowest BCUT2D eigenvalue weighted by atomic mass is 10.2. The molecule has 11 heavy (non-hydrogen) atoms. The van der Waals surface area contributed by atoms with E-state index in [0.717, 1.165) is 0 Å². The molecule has 0 aliphatic rings. The highest BCUT2D eigenvalue weighted by atomic mass is 19.1. The van der Waals surface area contributed by atoms with Gasteiger partial charge in [0.05, 0.1) is 6.61 Å². The van der Waals surface area contributed by atoms with Crippen molar-refractivity contribution in [3.05, 3.63) is 11.4 Å². The maximum Gasteiger partial charge on any atom is 0.364 e. The Hall–Kier alpha value is -0.900. The highest BCUT2D eigenvalue weighted by Gasteiger charge is 2.09.